The smallest absolute Gasteiger partial charge is 0.290 e. The van der Waals surface area contributed by atoms with Gasteiger partial charge in [-0.3, -0.25) is 14.5 Å². The molecule has 4 rings (SSSR count). The summed E-state index contributed by atoms with van der Waals surface area (Å²) in [4.78, 5) is 31.0. The second-order valence-corrected chi connectivity index (χ2v) is 10.6. The first-order valence-electron chi connectivity index (χ1n) is 11.5. The average molecular weight is 469 g/mol. The molecule has 1 atom stereocenters. The number of Topliss-reactive ketones (excluding diaryl/α,β-unsaturated/α-hetero) is 1. The molecule has 6 nitrogen and oxygen atoms in total. The molecule has 1 saturated heterocycles. The number of carbonyl (C=O) groups excluding carboxylic acids is 2. The van der Waals surface area contributed by atoms with Gasteiger partial charge in [-0.25, -0.2) is 0 Å². The third-order valence-corrected chi connectivity index (χ3v) is 7.23. The molecule has 7 heteroatoms. The Hall–Kier alpha value is -2.48. The van der Waals surface area contributed by atoms with Crippen molar-refractivity contribution in [1.82, 2.24) is 9.80 Å². The van der Waals surface area contributed by atoms with E-state index in [0.29, 0.717) is 11.4 Å². The van der Waals surface area contributed by atoms with Crippen LogP contribution < -0.4 is 0 Å². The zero-order valence-electron chi connectivity index (χ0n) is 19.5. The third kappa shape index (κ3) is 5.05. The van der Waals surface area contributed by atoms with Crippen LogP contribution in [0.4, 0.5) is 0 Å². The van der Waals surface area contributed by atoms with Crippen LogP contribution in [0.25, 0.3) is 0 Å². The molecule has 0 aliphatic carbocycles. The van der Waals surface area contributed by atoms with Gasteiger partial charge in [0.15, 0.2) is 5.76 Å². The minimum atomic E-state index is -0.592. The van der Waals surface area contributed by atoms with E-state index in [9.17, 15) is 14.7 Å². The second-order valence-electron chi connectivity index (χ2n) is 9.65. The van der Waals surface area contributed by atoms with Crippen LogP contribution in [-0.2, 0) is 14.9 Å². The third-order valence-electron chi connectivity index (χ3n) is 6.36. The van der Waals surface area contributed by atoms with Crippen LogP contribution >= 0.6 is 11.3 Å². The molecule has 33 heavy (non-hydrogen) atoms. The van der Waals surface area contributed by atoms with Crippen molar-refractivity contribution in [3.8, 4) is 0 Å². The number of nitrogens with zero attached hydrogens (tertiary/aromatic N) is 2. The van der Waals surface area contributed by atoms with Crippen LogP contribution in [0.5, 0.6) is 0 Å². The van der Waals surface area contributed by atoms with Gasteiger partial charge >= 0.3 is 0 Å². The fourth-order valence-electron chi connectivity index (χ4n) is 4.46. The molecular weight excluding hydrogens is 436 g/mol. The molecule has 0 bridgehead atoms. The first-order chi connectivity index (χ1) is 15.8. The number of hydrogen-bond donors (Lipinski definition) is 1. The van der Waals surface area contributed by atoms with Crippen LogP contribution in [0.1, 0.15) is 54.0 Å². The van der Waals surface area contributed by atoms with Crippen molar-refractivity contribution in [2.75, 3.05) is 39.4 Å². The maximum Gasteiger partial charge on any atom is 0.290 e. The molecule has 0 spiro atoms. The van der Waals surface area contributed by atoms with Crippen LogP contribution in [0, 0.1) is 0 Å². The molecule has 1 N–H and O–H groups in total. The average Bonchev–Trinajstić information content (AvgIpc) is 3.42. The van der Waals surface area contributed by atoms with E-state index >= 15 is 0 Å². The van der Waals surface area contributed by atoms with E-state index in [1.165, 1.54) is 16.9 Å². The fraction of sp³-hybridized carbons (Fsp3) is 0.462. The summed E-state index contributed by atoms with van der Waals surface area (Å²) in [6.45, 7) is 11.0. The molecule has 0 unspecified atom stereocenters. The Bertz CT molecular complexity index is 1020. The molecule has 1 fully saturated rings. The molecule has 1 aromatic heterocycles. The second kappa shape index (κ2) is 9.79. The Balaban J connectivity index is 1.62. The molecular formula is C26H32N2O4S. The van der Waals surface area contributed by atoms with Gasteiger partial charge < -0.3 is 14.7 Å². The zero-order chi connectivity index (χ0) is 23.6. The number of ether oxygens (including phenoxy) is 1. The standard InChI is InChI=1S/C26H32N2O4S/c1-26(2,3)19-9-7-18(8-10-19)22-21(23(29)20-6-4-17-33-20)24(30)25(31)28(22)12-5-11-27-13-15-32-16-14-27/h4,6-10,17,22,30H,5,11-16H2,1-3H3/t22-/m1/s1. The van der Waals surface area contributed by atoms with Gasteiger partial charge in [-0.15, -0.1) is 11.3 Å². The highest BCUT2D eigenvalue weighted by molar-refractivity contribution is 7.12. The van der Waals surface area contributed by atoms with Crippen molar-refractivity contribution in [3.63, 3.8) is 0 Å². The molecule has 176 valence electrons. The maximum absolute atomic E-state index is 13.3. The normalized spacial score (nSPS) is 20.0. The van der Waals surface area contributed by atoms with E-state index in [0.717, 1.165) is 44.8 Å². The van der Waals surface area contributed by atoms with Crippen molar-refractivity contribution >= 4 is 23.0 Å². The number of amides is 1. The topological polar surface area (TPSA) is 70.1 Å². The molecule has 2 aliphatic heterocycles. The minimum Gasteiger partial charge on any atom is -0.503 e. The van der Waals surface area contributed by atoms with Crippen molar-refractivity contribution in [3.05, 3.63) is 69.1 Å². The summed E-state index contributed by atoms with van der Waals surface area (Å²) in [6.07, 6.45) is 0.760. The van der Waals surface area contributed by atoms with Gasteiger partial charge in [0.2, 0.25) is 5.78 Å². The maximum atomic E-state index is 13.3. The predicted molar refractivity (Wildman–Crippen MR) is 130 cm³/mol. The van der Waals surface area contributed by atoms with Crippen LogP contribution in [-0.4, -0.2) is 66.0 Å². The quantitative estimate of drug-likeness (QED) is 0.612. The Morgan fingerprint density at radius 3 is 2.42 bits per heavy atom. The van der Waals surface area contributed by atoms with E-state index in [1.54, 1.807) is 17.0 Å². The number of morpholine rings is 1. The lowest BCUT2D eigenvalue weighted by molar-refractivity contribution is -0.129. The van der Waals surface area contributed by atoms with Gasteiger partial charge in [0.1, 0.15) is 0 Å². The summed E-state index contributed by atoms with van der Waals surface area (Å²) in [5.74, 6) is -1.18. The molecule has 0 radical (unpaired) electrons. The largest absolute Gasteiger partial charge is 0.503 e. The summed E-state index contributed by atoms with van der Waals surface area (Å²) in [5, 5.41) is 12.6. The van der Waals surface area contributed by atoms with E-state index in [2.05, 4.69) is 25.7 Å². The first-order valence-corrected chi connectivity index (χ1v) is 12.4. The molecule has 1 amide bonds. The van der Waals surface area contributed by atoms with Crippen molar-refractivity contribution in [2.24, 2.45) is 0 Å². The number of benzene rings is 1. The van der Waals surface area contributed by atoms with Crippen molar-refractivity contribution in [2.45, 2.75) is 38.6 Å². The monoisotopic (exact) mass is 468 g/mol. The molecule has 1 aromatic carbocycles. The van der Waals surface area contributed by atoms with Crippen molar-refractivity contribution in [1.29, 1.82) is 0 Å². The molecule has 3 heterocycles. The lowest BCUT2D eigenvalue weighted by Gasteiger charge is -2.30. The molecule has 2 aromatic rings. The summed E-state index contributed by atoms with van der Waals surface area (Å²) in [7, 11) is 0. The highest BCUT2D eigenvalue weighted by atomic mass is 32.1. The summed E-state index contributed by atoms with van der Waals surface area (Å²) in [5.41, 5.74) is 2.19. The van der Waals surface area contributed by atoms with Gasteiger partial charge in [-0.05, 0) is 34.4 Å². The lowest BCUT2D eigenvalue weighted by Crippen LogP contribution is -2.39. The minimum absolute atomic E-state index is 0.00450. The highest BCUT2D eigenvalue weighted by Gasteiger charge is 2.43. The Labute approximate surface area is 199 Å². The SMILES string of the molecule is CC(C)(C)c1ccc([C@@H]2C(C(=O)c3cccs3)=C(O)C(=O)N2CCCN2CCOCC2)cc1. The number of aliphatic hydroxyl groups excluding tert-OH is 1. The van der Waals surface area contributed by atoms with Crippen LogP contribution in [0.2, 0.25) is 0 Å². The number of hydrogen-bond acceptors (Lipinski definition) is 6. The summed E-state index contributed by atoms with van der Waals surface area (Å²) < 4.78 is 5.41. The Kier molecular flexibility index (Phi) is 7.02. The number of aliphatic hydroxyl groups is 1. The van der Waals surface area contributed by atoms with E-state index in [4.69, 9.17) is 4.74 Å². The Morgan fingerprint density at radius 1 is 1.12 bits per heavy atom. The van der Waals surface area contributed by atoms with Gasteiger partial charge in [0, 0.05) is 26.2 Å². The number of rotatable bonds is 7. The summed E-state index contributed by atoms with van der Waals surface area (Å²) >= 11 is 1.32. The number of thiophene rings is 1. The van der Waals surface area contributed by atoms with Gasteiger partial charge in [0.25, 0.3) is 5.91 Å². The van der Waals surface area contributed by atoms with Crippen molar-refractivity contribution < 1.29 is 19.4 Å². The fourth-order valence-corrected chi connectivity index (χ4v) is 5.14. The van der Waals surface area contributed by atoms with Crippen LogP contribution in [0.3, 0.4) is 0 Å². The zero-order valence-corrected chi connectivity index (χ0v) is 20.4. The molecule has 2 aliphatic rings. The number of ketones is 1. The summed E-state index contributed by atoms with van der Waals surface area (Å²) in [6, 6.07) is 11.0. The lowest BCUT2D eigenvalue weighted by atomic mass is 9.85. The van der Waals surface area contributed by atoms with Crippen LogP contribution in [0.15, 0.2) is 53.1 Å². The van der Waals surface area contributed by atoms with E-state index in [1.807, 2.05) is 29.6 Å². The number of carbonyl (C=O) groups is 2. The Morgan fingerprint density at radius 2 is 1.82 bits per heavy atom. The van der Waals surface area contributed by atoms with Gasteiger partial charge in [-0.1, -0.05) is 51.1 Å². The van der Waals surface area contributed by atoms with E-state index < -0.39 is 17.7 Å². The van der Waals surface area contributed by atoms with Gasteiger partial charge in [0.05, 0.1) is 29.7 Å². The highest BCUT2D eigenvalue weighted by Crippen LogP contribution is 2.40. The predicted octanol–water partition coefficient (Wildman–Crippen LogP) is 4.35. The van der Waals surface area contributed by atoms with E-state index in [-0.39, 0.29) is 16.8 Å². The van der Waals surface area contributed by atoms with Gasteiger partial charge in [-0.2, -0.15) is 0 Å². The molecule has 0 saturated carbocycles. The first kappa shape index (κ1) is 23.7.